The zero-order valence-electron chi connectivity index (χ0n) is 18.2. The Labute approximate surface area is 195 Å². The molecular formula is C23H24ClF3N6. The minimum absolute atomic E-state index is 0.0743. The third-order valence-electron chi connectivity index (χ3n) is 6.28. The van der Waals surface area contributed by atoms with Crippen LogP contribution in [0.5, 0.6) is 0 Å². The van der Waals surface area contributed by atoms with Gasteiger partial charge in [-0.05, 0) is 55.2 Å². The van der Waals surface area contributed by atoms with Crippen LogP contribution in [0.15, 0.2) is 36.5 Å². The lowest BCUT2D eigenvalue weighted by Gasteiger charge is -2.32. The fraction of sp³-hybridized carbons (Fsp3) is 0.435. The fourth-order valence-electron chi connectivity index (χ4n) is 4.73. The molecule has 4 heterocycles. The van der Waals surface area contributed by atoms with E-state index in [0.717, 1.165) is 54.4 Å². The molecule has 33 heavy (non-hydrogen) atoms. The minimum Gasteiger partial charge on any atom is -0.357 e. The number of piperidine rings is 1. The SMILES string of the molecule is Cc1ccc(N2CCC(c3nnc4n3-c3ccc(Cl)cc3CN(CC(F)(F)F)C4)CC2)nc1. The zero-order chi connectivity index (χ0) is 23.2. The first-order valence-corrected chi connectivity index (χ1v) is 11.3. The standard InChI is InChI=1S/C23H24ClF3N6/c1-15-2-5-20(28-11-15)32-8-6-16(7-9-32)22-30-29-21-13-31(14-23(25,26)27)12-17-10-18(24)3-4-19(17)33(21)22/h2-5,10-11,16H,6-9,12-14H2,1H3. The Balaban J connectivity index is 1.43. The van der Waals surface area contributed by atoms with Crippen molar-refractivity contribution in [2.45, 2.75) is 44.9 Å². The summed E-state index contributed by atoms with van der Waals surface area (Å²) in [6.07, 6.45) is -0.700. The van der Waals surface area contributed by atoms with Crippen LogP contribution in [-0.4, -0.2) is 50.5 Å². The molecule has 174 valence electrons. The first-order chi connectivity index (χ1) is 15.8. The monoisotopic (exact) mass is 476 g/mol. The number of pyridine rings is 1. The summed E-state index contributed by atoms with van der Waals surface area (Å²) in [5.41, 5.74) is 2.67. The number of anilines is 1. The van der Waals surface area contributed by atoms with Crippen LogP contribution < -0.4 is 4.90 Å². The predicted octanol–water partition coefficient (Wildman–Crippen LogP) is 4.89. The average molecular weight is 477 g/mol. The van der Waals surface area contributed by atoms with Gasteiger partial charge in [0, 0.05) is 36.8 Å². The minimum atomic E-state index is -4.30. The fourth-order valence-corrected chi connectivity index (χ4v) is 4.93. The summed E-state index contributed by atoms with van der Waals surface area (Å²) < 4.78 is 41.5. The van der Waals surface area contributed by atoms with Crippen molar-refractivity contribution in [2.24, 2.45) is 0 Å². The predicted molar refractivity (Wildman–Crippen MR) is 120 cm³/mol. The van der Waals surface area contributed by atoms with E-state index < -0.39 is 12.7 Å². The molecule has 1 fully saturated rings. The lowest BCUT2D eigenvalue weighted by atomic mass is 9.95. The van der Waals surface area contributed by atoms with Gasteiger partial charge in [-0.15, -0.1) is 10.2 Å². The summed E-state index contributed by atoms with van der Waals surface area (Å²) in [5, 5.41) is 9.29. The van der Waals surface area contributed by atoms with E-state index in [4.69, 9.17) is 11.6 Å². The van der Waals surface area contributed by atoms with Crippen molar-refractivity contribution >= 4 is 17.4 Å². The summed E-state index contributed by atoms with van der Waals surface area (Å²) >= 11 is 6.19. The van der Waals surface area contributed by atoms with Gasteiger partial charge in [0.05, 0.1) is 18.8 Å². The number of rotatable bonds is 3. The number of aryl methyl sites for hydroxylation is 1. The molecule has 0 radical (unpaired) electrons. The van der Waals surface area contributed by atoms with Crippen LogP contribution in [0.2, 0.25) is 5.02 Å². The van der Waals surface area contributed by atoms with Gasteiger partial charge in [-0.1, -0.05) is 17.7 Å². The molecule has 0 aliphatic carbocycles. The Bertz CT molecular complexity index is 1140. The van der Waals surface area contributed by atoms with Crippen LogP contribution in [0.25, 0.3) is 5.69 Å². The molecule has 0 unspecified atom stereocenters. The molecule has 6 nitrogen and oxygen atoms in total. The summed E-state index contributed by atoms with van der Waals surface area (Å²) in [6.45, 7) is 2.89. The van der Waals surface area contributed by atoms with Crippen molar-refractivity contribution in [1.82, 2.24) is 24.6 Å². The topological polar surface area (TPSA) is 50.1 Å². The number of aromatic nitrogens is 4. The molecular weight excluding hydrogens is 453 g/mol. The number of nitrogens with zero attached hydrogens (tertiary/aromatic N) is 6. The van der Waals surface area contributed by atoms with E-state index >= 15 is 0 Å². The van der Waals surface area contributed by atoms with Crippen molar-refractivity contribution in [3.63, 3.8) is 0 Å². The summed E-state index contributed by atoms with van der Waals surface area (Å²) in [4.78, 5) is 8.13. The van der Waals surface area contributed by atoms with E-state index in [1.54, 1.807) is 12.1 Å². The first kappa shape index (κ1) is 22.2. The van der Waals surface area contributed by atoms with Crippen LogP contribution >= 0.6 is 11.6 Å². The van der Waals surface area contributed by atoms with Gasteiger partial charge in [-0.25, -0.2) is 4.98 Å². The second-order valence-electron chi connectivity index (χ2n) is 8.80. The molecule has 5 rings (SSSR count). The highest BCUT2D eigenvalue weighted by molar-refractivity contribution is 6.30. The second kappa shape index (κ2) is 8.61. The first-order valence-electron chi connectivity index (χ1n) is 11.0. The Morgan fingerprint density at radius 2 is 1.85 bits per heavy atom. The van der Waals surface area contributed by atoms with Gasteiger partial charge in [-0.3, -0.25) is 9.47 Å². The molecule has 0 atom stereocenters. The van der Waals surface area contributed by atoms with Gasteiger partial charge >= 0.3 is 6.18 Å². The van der Waals surface area contributed by atoms with E-state index in [0.29, 0.717) is 10.8 Å². The number of halogens is 4. The van der Waals surface area contributed by atoms with Crippen molar-refractivity contribution < 1.29 is 13.2 Å². The molecule has 2 aromatic heterocycles. The van der Waals surface area contributed by atoms with E-state index in [9.17, 15) is 13.2 Å². The summed E-state index contributed by atoms with van der Waals surface area (Å²) in [6, 6.07) is 9.45. The van der Waals surface area contributed by atoms with Crippen molar-refractivity contribution in [3.05, 3.63) is 64.3 Å². The van der Waals surface area contributed by atoms with Crippen LogP contribution in [0.4, 0.5) is 19.0 Å². The number of hydrogen-bond donors (Lipinski definition) is 0. The third-order valence-corrected chi connectivity index (χ3v) is 6.51. The molecule has 1 aromatic carbocycles. The number of hydrogen-bond acceptors (Lipinski definition) is 5. The van der Waals surface area contributed by atoms with Gasteiger partial charge in [0.1, 0.15) is 11.6 Å². The Morgan fingerprint density at radius 3 is 2.55 bits per heavy atom. The maximum Gasteiger partial charge on any atom is 0.401 e. The largest absolute Gasteiger partial charge is 0.401 e. The van der Waals surface area contributed by atoms with Crippen molar-refractivity contribution in [3.8, 4) is 5.69 Å². The molecule has 0 spiro atoms. The lowest BCUT2D eigenvalue weighted by molar-refractivity contribution is -0.148. The molecule has 10 heteroatoms. The van der Waals surface area contributed by atoms with Crippen LogP contribution in [-0.2, 0) is 13.1 Å². The molecule has 0 saturated carbocycles. The van der Waals surface area contributed by atoms with Gasteiger partial charge in [0.2, 0.25) is 0 Å². The molecule has 2 aliphatic rings. The van der Waals surface area contributed by atoms with Crippen molar-refractivity contribution in [2.75, 3.05) is 24.5 Å². The van der Waals surface area contributed by atoms with Gasteiger partial charge < -0.3 is 4.90 Å². The van der Waals surface area contributed by atoms with Crippen LogP contribution in [0.1, 0.15) is 41.5 Å². The highest BCUT2D eigenvalue weighted by Gasteiger charge is 2.35. The molecule has 3 aromatic rings. The molecule has 1 saturated heterocycles. The van der Waals surface area contributed by atoms with E-state index in [1.165, 1.54) is 4.90 Å². The van der Waals surface area contributed by atoms with Crippen molar-refractivity contribution in [1.29, 1.82) is 0 Å². The Hall–Kier alpha value is -2.65. The maximum absolute atomic E-state index is 13.2. The average Bonchev–Trinajstić information content (AvgIpc) is 3.10. The van der Waals surface area contributed by atoms with Crippen LogP contribution in [0.3, 0.4) is 0 Å². The zero-order valence-corrected chi connectivity index (χ0v) is 18.9. The summed E-state index contributed by atoms with van der Waals surface area (Å²) in [5.74, 6) is 2.45. The maximum atomic E-state index is 13.2. The number of fused-ring (bicyclic) bond motifs is 3. The van der Waals surface area contributed by atoms with E-state index in [1.807, 2.05) is 29.8 Å². The molecule has 0 N–H and O–H groups in total. The normalized spacial score (nSPS) is 17.5. The van der Waals surface area contributed by atoms with Gasteiger partial charge in [0.25, 0.3) is 0 Å². The van der Waals surface area contributed by atoms with E-state index in [-0.39, 0.29) is 19.0 Å². The second-order valence-corrected chi connectivity index (χ2v) is 9.23. The highest BCUT2D eigenvalue weighted by Crippen LogP contribution is 2.35. The third kappa shape index (κ3) is 4.70. The lowest BCUT2D eigenvalue weighted by Crippen LogP contribution is -2.34. The Morgan fingerprint density at radius 1 is 1.06 bits per heavy atom. The van der Waals surface area contributed by atoms with Gasteiger partial charge in [0.15, 0.2) is 5.82 Å². The van der Waals surface area contributed by atoms with Gasteiger partial charge in [-0.2, -0.15) is 13.2 Å². The molecule has 0 amide bonds. The highest BCUT2D eigenvalue weighted by atomic mass is 35.5. The molecule has 0 bridgehead atoms. The smallest absolute Gasteiger partial charge is 0.357 e. The number of benzene rings is 1. The quantitative estimate of drug-likeness (QED) is 0.539. The van der Waals surface area contributed by atoms with E-state index in [2.05, 4.69) is 26.1 Å². The Kier molecular flexibility index (Phi) is 5.78. The summed E-state index contributed by atoms with van der Waals surface area (Å²) in [7, 11) is 0. The van der Waals surface area contributed by atoms with Crippen LogP contribution in [0, 0.1) is 6.92 Å². The molecule has 2 aliphatic heterocycles. The number of alkyl halides is 3.